The van der Waals surface area contributed by atoms with E-state index in [0.717, 1.165) is 41.8 Å². The van der Waals surface area contributed by atoms with E-state index < -0.39 is 0 Å². The third-order valence-corrected chi connectivity index (χ3v) is 12.7. The smallest absolute Gasteiger partial charge is 0.0494 e. The summed E-state index contributed by atoms with van der Waals surface area (Å²) in [4.78, 5) is 3.93. The van der Waals surface area contributed by atoms with Crippen LogP contribution in [0.4, 0.5) is 5.69 Å². The molecular weight excluding hydrogens is 767 g/mol. The molecule has 0 aliphatic heterocycles. The van der Waals surface area contributed by atoms with Crippen molar-refractivity contribution < 1.29 is 0 Å². The first-order valence-electron chi connectivity index (χ1n) is 22.0. The van der Waals surface area contributed by atoms with Gasteiger partial charge in [0, 0.05) is 32.6 Å². The number of para-hydroxylation sites is 1. The molecule has 1 nitrogen and oxygen atoms in total. The minimum Gasteiger partial charge on any atom is -0.338 e. The number of nitrogens with zero attached hydrogens (tertiary/aromatic N) is 1. The molecule has 62 heavy (non-hydrogen) atoms. The molecule has 0 bridgehead atoms. The van der Waals surface area contributed by atoms with Crippen molar-refractivity contribution in [2.75, 3.05) is 4.90 Å². The number of fused-ring (bicyclic) bond motifs is 1. The SMILES string of the molecule is C=C\C=C/C=C(C)/C(C=C)=C/C=C(\C)N(c1ccccc1-c1ccccc1)C(C)/C=C\C(=C/C)c1ccc(C(C)/C=C\C=C/C)c(-c2ccc3sc(CCCC=C)c(C)c3c2)c1. The maximum absolute atomic E-state index is 4.13. The molecular formula is C60H65NS. The van der Waals surface area contributed by atoms with Crippen molar-refractivity contribution >= 4 is 32.7 Å². The van der Waals surface area contributed by atoms with E-state index in [-0.39, 0.29) is 12.0 Å². The van der Waals surface area contributed by atoms with E-state index in [0.29, 0.717) is 0 Å². The van der Waals surface area contributed by atoms with E-state index in [1.807, 2.05) is 35.6 Å². The Morgan fingerprint density at radius 2 is 1.53 bits per heavy atom. The fourth-order valence-electron chi connectivity index (χ4n) is 7.90. The van der Waals surface area contributed by atoms with Gasteiger partial charge in [-0.05, 0) is 153 Å². The fourth-order valence-corrected chi connectivity index (χ4v) is 9.14. The zero-order valence-corrected chi connectivity index (χ0v) is 38.9. The Kier molecular flexibility index (Phi) is 17.9. The standard InChI is InChI=1S/C60H65NS/c1-11-16-20-27-44(6)49(14-4)36-34-46(8)61(58-32-26-25-31-55(58)51-29-23-19-24-30-51)47(9)35-37-50(15-5)52-38-40-54(45(7)28-21-17-12-2)57(42-52)53-39-41-60-56(43-53)48(10)59(62-60)33-22-18-13-3/h11-17,19-21,23-32,34-43,45,47H,1,3-4,18,22,33H2,2,5-10H3/b17-12-,20-16-,28-21-,37-35-,44-27+,46-34+,49-36+,50-15+. The quantitative estimate of drug-likeness (QED) is 0.0429. The number of hydrogen-bond acceptors (Lipinski definition) is 2. The topological polar surface area (TPSA) is 3.24 Å². The van der Waals surface area contributed by atoms with E-state index in [1.54, 1.807) is 6.08 Å². The molecule has 0 radical (unpaired) electrons. The fraction of sp³-hybridized carbons (Fsp3) is 0.200. The van der Waals surface area contributed by atoms with Gasteiger partial charge >= 0.3 is 0 Å². The van der Waals surface area contributed by atoms with E-state index >= 15 is 0 Å². The van der Waals surface area contributed by atoms with Gasteiger partial charge in [-0.3, -0.25) is 0 Å². The Bertz CT molecular complexity index is 2570. The van der Waals surface area contributed by atoms with Gasteiger partial charge in [-0.25, -0.2) is 0 Å². The van der Waals surface area contributed by atoms with Gasteiger partial charge in [-0.2, -0.15) is 0 Å². The Morgan fingerprint density at radius 1 is 0.758 bits per heavy atom. The Labute approximate surface area is 378 Å². The van der Waals surface area contributed by atoms with E-state index in [1.165, 1.54) is 59.5 Å². The summed E-state index contributed by atoms with van der Waals surface area (Å²) in [6, 6.07) is 33.5. The highest BCUT2D eigenvalue weighted by Crippen LogP contribution is 2.39. The van der Waals surface area contributed by atoms with Crippen LogP contribution in [-0.4, -0.2) is 6.04 Å². The van der Waals surface area contributed by atoms with Gasteiger partial charge < -0.3 is 4.90 Å². The molecule has 0 aliphatic carbocycles. The van der Waals surface area contributed by atoms with Gasteiger partial charge in [0.15, 0.2) is 0 Å². The Hall–Kier alpha value is -6.22. The lowest BCUT2D eigenvalue weighted by Gasteiger charge is -2.32. The lowest BCUT2D eigenvalue weighted by molar-refractivity contribution is 0.820. The molecule has 4 aromatic carbocycles. The highest BCUT2D eigenvalue weighted by molar-refractivity contribution is 7.19. The van der Waals surface area contributed by atoms with E-state index in [2.05, 4.69) is 225 Å². The van der Waals surface area contributed by atoms with Crippen LogP contribution < -0.4 is 4.90 Å². The third kappa shape index (κ3) is 12.0. The number of unbranched alkanes of at least 4 members (excludes halogenated alkanes) is 1. The van der Waals surface area contributed by atoms with Crippen molar-refractivity contribution in [3.05, 3.63) is 240 Å². The van der Waals surface area contributed by atoms with Gasteiger partial charge in [-0.1, -0.05) is 172 Å². The number of thiophene rings is 1. The predicted octanol–water partition coefficient (Wildman–Crippen LogP) is 17.8. The molecule has 0 amide bonds. The molecule has 5 aromatic rings. The average molecular weight is 832 g/mol. The molecule has 1 heterocycles. The van der Waals surface area contributed by atoms with Crippen LogP contribution in [0, 0.1) is 6.92 Å². The second-order valence-corrected chi connectivity index (χ2v) is 16.9. The van der Waals surface area contributed by atoms with Crippen LogP contribution in [-0.2, 0) is 6.42 Å². The second kappa shape index (κ2) is 23.7. The van der Waals surface area contributed by atoms with Gasteiger partial charge in [0.1, 0.15) is 0 Å². The summed E-state index contributed by atoms with van der Waals surface area (Å²) in [6.45, 7) is 27.3. The van der Waals surface area contributed by atoms with Crippen LogP contribution in [0.2, 0.25) is 0 Å². The number of allylic oxidation sites excluding steroid dienone is 18. The van der Waals surface area contributed by atoms with E-state index in [4.69, 9.17) is 0 Å². The zero-order chi connectivity index (χ0) is 44.4. The van der Waals surface area contributed by atoms with Crippen molar-refractivity contribution in [3.63, 3.8) is 0 Å². The second-order valence-electron chi connectivity index (χ2n) is 15.7. The molecule has 0 fully saturated rings. The normalized spacial score (nSPS) is 14.1. The third-order valence-electron chi connectivity index (χ3n) is 11.4. The summed E-state index contributed by atoms with van der Waals surface area (Å²) in [5.41, 5.74) is 14.5. The molecule has 0 spiro atoms. The summed E-state index contributed by atoms with van der Waals surface area (Å²) < 4.78 is 1.36. The molecule has 0 saturated heterocycles. The predicted molar refractivity (Wildman–Crippen MR) is 279 cm³/mol. The maximum atomic E-state index is 4.13. The molecule has 2 atom stereocenters. The van der Waals surface area contributed by atoms with Gasteiger partial charge in [0.05, 0.1) is 0 Å². The van der Waals surface area contributed by atoms with Crippen LogP contribution >= 0.6 is 11.3 Å². The van der Waals surface area contributed by atoms with Gasteiger partial charge in [0.25, 0.3) is 0 Å². The van der Waals surface area contributed by atoms with Crippen molar-refractivity contribution in [2.24, 2.45) is 0 Å². The molecule has 0 aliphatic rings. The van der Waals surface area contributed by atoms with Crippen molar-refractivity contribution in [3.8, 4) is 22.3 Å². The van der Waals surface area contributed by atoms with Crippen LogP contribution in [0.15, 0.2) is 219 Å². The molecule has 2 unspecified atom stereocenters. The van der Waals surface area contributed by atoms with Crippen LogP contribution in [0.5, 0.6) is 0 Å². The summed E-state index contributed by atoms with van der Waals surface area (Å²) >= 11 is 1.94. The minimum atomic E-state index is 0.0129. The first-order chi connectivity index (χ1) is 30.1. The summed E-state index contributed by atoms with van der Waals surface area (Å²) in [5.74, 6) is 0.236. The number of rotatable bonds is 20. The molecule has 0 saturated carbocycles. The van der Waals surface area contributed by atoms with Crippen molar-refractivity contribution in [1.82, 2.24) is 0 Å². The number of anilines is 1. The number of hydrogen-bond donors (Lipinski definition) is 0. The Balaban J connectivity index is 1.59. The zero-order valence-electron chi connectivity index (χ0n) is 38.1. The highest BCUT2D eigenvalue weighted by Gasteiger charge is 2.19. The highest BCUT2D eigenvalue weighted by atomic mass is 32.1. The molecule has 0 N–H and O–H groups in total. The summed E-state index contributed by atoms with van der Waals surface area (Å²) in [6.07, 6.45) is 34.9. The first kappa shape index (κ1) is 46.8. The Morgan fingerprint density at radius 3 is 2.26 bits per heavy atom. The average Bonchev–Trinajstić information content (AvgIpc) is 3.61. The maximum Gasteiger partial charge on any atom is 0.0494 e. The first-order valence-corrected chi connectivity index (χ1v) is 22.8. The lowest BCUT2D eigenvalue weighted by Crippen LogP contribution is -2.30. The number of benzene rings is 4. The van der Waals surface area contributed by atoms with Crippen molar-refractivity contribution in [2.45, 2.75) is 79.7 Å². The summed E-state index contributed by atoms with van der Waals surface area (Å²) in [7, 11) is 0. The molecule has 1 aromatic heterocycles. The van der Waals surface area contributed by atoms with Gasteiger partial charge in [0.2, 0.25) is 0 Å². The summed E-state index contributed by atoms with van der Waals surface area (Å²) in [5, 5.41) is 1.36. The largest absolute Gasteiger partial charge is 0.338 e. The van der Waals surface area contributed by atoms with Crippen LogP contribution in [0.3, 0.4) is 0 Å². The van der Waals surface area contributed by atoms with E-state index in [9.17, 15) is 0 Å². The van der Waals surface area contributed by atoms with Crippen molar-refractivity contribution in [1.29, 1.82) is 0 Å². The molecule has 2 heteroatoms. The van der Waals surface area contributed by atoms with Crippen LogP contribution in [0.25, 0.3) is 37.9 Å². The monoisotopic (exact) mass is 831 g/mol. The van der Waals surface area contributed by atoms with Gasteiger partial charge in [-0.15, -0.1) is 17.9 Å². The number of aryl methyl sites for hydroxylation is 2. The van der Waals surface area contributed by atoms with Crippen LogP contribution in [0.1, 0.15) is 81.9 Å². The lowest BCUT2D eigenvalue weighted by atomic mass is 9.87. The minimum absolute atomic E-state index is 0.0129. The molecule has 316 valence electrons. The molecule has 5 rings (SSSR count).